The Morgan fingerprint density at radius 3 is 2.03 bits per heavy atom. The molecule has 0 aromatic heterocycles. The van der Waals surface area contributed by atoms with E-state index in [1.54, 1.807) is 4.90 Å². The zero-order valence-electron chi connectivity index (χ0n) is 20.0. The number of rotatable bonds is 8. The molecule has 1 amide bonds. The van der Waals surface area contributed by atoms with Crippen LogP contribution in [0.15, 0.2) is 84.9 Å². The third-order valence-corrected chi connectivity index (χ3v) is 6.45. The maximum atomic E-state index is 12.7. The summed E-state index contributed by atoms with van der Waals surface area (Å²) in [5, 5.41) is 10.9. The molecule has 0 radical (unpaired) electrons. The van der Waals surface area contributed by atoms with E-state index >= 15 is 0 Å². The minimum absolute atomic E-state index is 0.172. The van der Waals surface area contributed by atoms with Gasteiger partial charge in [-0.1, -0.05) is 98.8 Å². The van der Waals surface area contributed by atoms with E-state index in [0.29, 0.717) is 25.6 Å². The number of amides is 1. The van der Waals surface area contributed by atoms with Crippen LogP contribution in [0.25, 0.3) is 0 Å². The molecule has 2 atom stereocenters. The monoisotopic (exact) mass is 458 g/mol. The quantitative estimate of drug-likeness (QED) is 0.505. The second-order valence-corrected chi connectivity index (χ2v) is 9.37. The molecule has 1 heterocycles. The molecular weight excluding hydrogens is 424 g/mol. The van der Waals surface area contributed by atoms with Crippen molar-refractivity contribution >= 4 is 6.09 Å². The van der Waals surface area contributed by atoms with Gasteiger partial charge in [0.2, 0.25) is 0 Å². The summed E-state index contributed by atoms with van der Waals surface area (Å²) in [5.74, 6) is 0.488. The van der Waals surface area contributed by atoms with Crippen LogP contribution in [0.5, 0.6) is 0 Å². The summed E-state index contributed by atoms with van der Waals surface area (Å²) in [4.78, 5) is 16.6. The average molecular weight is 459 g/mol. The van der Waals surface area contributed by atoms with E-state index in [1.807, 2.05) is 48.5 Å². The van der Waals surface area contributed by atoms with Crippen LogP contribution in [0, 0.1) is 0 Å². The number of carbonyl (C=O) groups is 1. The van der Waals surface area contributed by atoms with Crippen molar-refractivity contribution in [3.63, 3.8) is 0 Å². The highest BCUT2D eigenvalue weighted by Gasteiger charge is 2.38. The molecule has 34 heavy (non-hydrogen) atoms. The average Bonchev–Trinajstić information content (AvgIpc) is 3.25. The van der Waals surface area contributed by atoms with Crippen molar-refractivity contribution in [3.05, 3.63) is 107 Å². The van der Waals surface area contributed by atoms with E-state index < -0.39 is 6.10 Å². The normalized spacial score (nSPS) is 18.0. The van der Waals surface area contributed by atoms with Gasteiger partial charge in [0.1, 0.15) is 6.61 Å². The van der Waals surface area contributed by atoms with E-state index in [4.69, 9.17) is 4.74 Å². The summed E-state index contributed by atoms with van der Waals surface area (Å²) in [6, 6.07) is 28.4. The lowest BCUT2D eigenvalue weighted by atomic mass is 10.0. The van der Waals surface area contributed by atoms with Gasteiger partial charge in [-0.2, -0.15) is 0 Å². The number of aliphatic hydroxyl groups excluding tert-OH is 1. The molecule has 1 fully saturated rings. The van der Waals surface area contributed by atoms with Crippen LogP contribution in [-0.2, 0) is 24.4 Å². The van der Waals surface area contributed by atoms with E-state index in [-0.39, 0.29) is 25.3 Å². The highest BCUT2D eigenvalue weighted by Crippen LogP contribution is 2.23. The van der Waals surface area contributed by atoms with Crippen molar-refractivity contribution in [1.82, 2.24) is 9.80 Å². The van der Waals surface area contributed by atoms with E-state index in [1.165, 1.54) is 16.7 Å². The van der Waals surface area contributed by atoms with Crippen molar-refractivity contribution in [2.45, 2.75) is 51.6 Å². The predicted molar refractivity (Wildman–Crippen MR) is 134 cm³/mol. The van der Waals surface area contributed by atoms with Gasteiger partial charge in [-0.15, -0.1) is 0 Å². The van der Waals surface area contributed by atoms with Crippen LogP contribution in [-0.4, -0.2) is 46.2 Å². The van der Waals surface area contributed by atoms with Crippen LogP contribution in [0.4, 0.5) is 4.79 Å². The molecule has 5 heteroatoms. The minimum atomic E-state index is -0.636. The van der Waals surface area contributed by atoms with Gasteiger partial charge in [0.05, 0.1) is 18.7 Å². The fraction of sp³-hybridized carbons (Fsp3) is 0.345. The van der Waals surface area contributed by atoms with Gasteiger partial charge in [0.25, 0.3) is 0 Å². The summed E-state index contributed by atoms with van der Waals surface area (Å²) in [5.41, 5.74) is 4.63. The molecule has 1 N–H and O–H groups in total. The first-order valence-corrected chi connectivity index (χ1v) is 12.0. The molecule has 178 valence electrons. The largest absolute Gasteiger partial charge is 0.445 e. The molecule has 4 rings (SSSR count). The first-order valence-electron chi connectivity index (χ1n) is 12.0. The zero-order chi connectivity index (χ0) is 23.9. The van der Waals surface area contributed by atoms with Crippen molar-refractivity contribution in [1.29, 1.82) is 0 Å². The van der Waals surface area contributed by atoms with E-state index in [0.717, 1.165) is 5.56 Å². The van der Waals surface area contributed by atoms with Gasteiger partial charge in [0.15, 0.2) is 0 Å². The molecule has 3 aromatic carbocycles. The first-order chi connectivity index (χ1) is 16.5. The molecule has 1 aliphatic rings. The predicted octanol–water partition coefficient (Wildman–Crippen LogP) is 5.19. The maximum Gasteiger partial charge on any atom is 0.410 e. The smallest absolute Gasteiger partial charge is 0.410 e. The van der Waals surface area contributed by atoms with Crippen LogP contribution in [0.1, 0.15) is 42.0 Å². The van der Waals surface area contributed by atoms with Crippen molar-refractivity contribution in [2.24, 2.45) is 0 Å². The van der Waals surface area contributed by atoms with Crippen molar-refractivity contribution < 1.29 is 14.6 Å². The third-order valence-electron chi connectivity index (χ3n) is 6.45. The molecule has 1 aliphatic heterocycles. The number of hydrogen-bond donors (Lipinski definition) is 1. The lowest BCUT2D eigenvalue weighted by Crippen LogP contribution is -2.42. The number of likely N-dealkylation sites (tertiary alicyclic amines) is 1. The molecule has 3 aromatic rings. The second kappa shape index (κ2) is 11.3. The van der Waals surface area contributed by atoms with Crippen LogP contribution in [0.2, 0.25) is 0 Å². The highest BCUT2D eigenvalue weighted by atomic mass is 16.6. The second-order valence-electron chi connectivity index (χ2n) is 9.37. The van der Waals surface area contributed by atoms with Crippen LogP contribution in [0.3, 0.4) is 0 Å². The molecular formula is C29H34N2O3. The SMILES string of the molecule is CC(C)c1ccc(CN(Cc2ccccc2)[C@H]2CN(C(=O)OCc3ccccc3)C[C@@H]2O)cc1. The Morgan fingerprint density at radius 1 is 0.882 bits per heavy atom. The lowest BCUT2D eigenvalue weighted by Gasteiger charge is -2.31. The van der Waals surface area contributed by atoms with Gasteiger partial charge in [-0.25, -0.2) is 4.79 Å². The van der Waals surface area contributed by atoms with Crippen molar-refractivity contribution in [3.8, 4) is 0 Å². The summed E-state index contributed by atoms with van der Waals surface area (Å²) in [6.07, 6.45) is -1.02. The molecule has 0 unspecified atom stereocenters. The topological polar surface area (TPSA) is 53.0 Å². The summed E-state index contributed by atoms with van der Waals surface area (Å²) >= 11 is 0. The van der Waals surface area contributed by atoms with E-state index in [2.05, 4.69) is 55.1 Å². The summed E-state index contributed by atoms with van der Waals surface area (Å²) < 4.78 is 5.52. The lowest BCUT2D eigenvalue weighted by molar-refractivity contribution is 0.0728. The fourth-order valence-electron chi connectivity index (χ4n) is 4.44. The Morgan fingerprint density at radius 2 is 1.44 bits per heavy atom. The third kappa shape index (κ3) is 6.25. The molecule has 5 nitrogen and oxygen atoms in total. The number of benzene rings is 3. The Bertz CT molecular complexity index is 1040. The van der Waals surface area contributed by atoms with Crippen LogP contribution < -0.4 is 0 Å². The molecule has 1 saturated heterocycles. The zero-order valence-corrected chi connectivity index (χ0v) is 20.0. The Balaban J connectivity index is 1.45. The first kappa shape index (κ1) is 24.0. The number of β-amino-alcohol motifs (C(OH)–C–C–N with tert-alkyl or cyclic N) is 1. The number of ether oxygens (including phenoxy) is 1. The number of hydrogen-bond acceptors (Lipinski definition) is 4. The Kier molecular flexibility index (Phi) is 7.99. The molecule has 0 bridgehead atoms. The maximum absolute atomic E-state index is 12.7. The van der Waals surface area contributed by atoms with Crippen LogP contribution >= 0.6 is 0 Å². The van der Waals surface area contributed by atoms with Gasteiger partial charge >= 0.3 is 6.09 Å². The molecule has 0 aliphatic carbocycles. The summed E-state index contributed by atoms with van der Waals surface area (Å²) in [6.45, 7) is 6.71. The number of aliphatic hydroxyl groups is 1. The Labute approximate surface area is 202 Å². The minimum Gasteiger partial charge on any atom is -0.445 e. The van der Waals surface area contributed by atoms with Crippen molar-refractivity contribution in [2.75, 3.05) is 13.1 Å². The van der Waals surface area contributed by atoms with Gasteiger partial charge in [0, 0.05) is 19.6 Å². The van der Waals surface area contributed by atoms with E-state index in [9.17, 15) is 9.90 Å². The van der Waals surface area contributed by atoms with Gasteiger partial charge < -0.3 is 14.7 Å². The number of carbonyl (C=O) groups excluding carboxylic acids is 1. The number of nitrogens with zero attached hydrogens (tertiary/aromatic N) is 2. The highest BCUT2D eigenvalue weighted by molar-refractivity contribution is 5.68. The molecule has 0 spiro atoms. The summed E-state index contributed by atoms with van der Waals surface area (Å²) in [7, 11) is 0. The molecule has 0 saturated carbocycles. The van der Waals surface area contributed by atoms with Gasteiger partial charge in [-0.3, -0.25) is 4.90 Å². The van der Waals surface area contributed by atoms with Gasteiger partial charge in [-0.05, 0) is 28.2 Å². The standard InChI is InChI=1S/C29H34N2O3/c1-22(2)26-15-13-24(14-16-26)18-30(17-23-9-5-3-6-10-23)27-19-31(20-28(27)32)29(33)34-21-25-11-7-4-8-12-25/h3-16,22,27-28,32H,17-21H2,1-2H3/t27-,28-/m0/s1. The Hall–Kier alpha value is -3.15. The fourth-order valence-corrected chi connectivity index (χ4v) is 4.44.